The lowest BCUT2D eigenvalue weighted by Gasteiger charge is -2.23. The molecule has 3 heteroatoms. The fourth-order valence-electron chi connectivity index (χ4n) is 4.69. The molecule has 1 aliphatic rings. The Hall–Kier alpha value is -2.91. The Morgan fingerprint density at radius 3 is 2.43 bits per heavy atom. The van der Waals surface area contributed by atoms with Crippen LogP contribution in [0.15, 0.2) is 60.9 Å². The summed E-state index contributed by atoms with van der Waals surface area (Å²) in [6, 6.07) is 17.6. The second-order valence-electron chi connectivity index (χ2n) is 7.96. The van der Waals surface area contributed by atoms with Crippen molar-refractivity contribution in [2.75, 3.05) is 13.6 Å². The van der Waals surface area contributed by atoms with Crippen molar-refractivity contribution in [2.24, 2.45) is 7.05 Å². The summed E-state index contributed by atoms with van der Waals surface area (Å²) in [5, 5.41) is 1.42. The zero-order chi connectivity index (χ0) is 19.3. The smallest absolute Gasteiger partial charge is 0.0563 e. The van der Waals surface area contributed by atoms with Gasteiger partial charge in [0.25, 0.3) is 0 Å². The molecule has 140 valence electrons. The zero-order valence-corrected chi connectivity index (χ0v) is 16.7. The van der Waals surface area contributed by atoms with Crippen molar-refractivity contribution < 1.29 is 0 Å². The maximum Gasteiger partial charge on any atom is 0.0563 e. The van der Waals surface area contributed by atoms with E-state index in [1.165, 1.54) is 50.0 Å². The van der Waals surface area contributed by atoms with E-state index in [0.29, 0.717) is 0 Å². The minimum atomic E-state index is 1.02. The molecule has 2 aromatic heterocycles. The summed E-state index contributed by atoms with van der Waals surface area (Å²) in [7, 11) is 4.44. The van der Waals surface area contributed by atoms with Crippen molar-refractivity contribution in [1.29, 1.82) is 0 Å². The molecule has 0 saturated heterocycles. The molecule has 5 rings (SSSR count). The third-order valence-electron chi connectivity index (χ3n) is 6.04. The average Bonchev–Trinajstić information content (AvgIpc) is 2.99. The van der Waals surface area contributed by atoms with Gasteiger partial charge in [-0.15, -0.1) is 0 Å². The standard InChI is InChI=1S/C25H25N3/c1-17-14-22(20-7-5-4-6-19(20)18-8-11-26-12-9-18)25-23(15-17)21-10-13-27(2)16-24(21)28(25)3/h4-9,11-12,14-15H,10,13,16H2,1-3H3. The van der Waals surface area contributed by atoms with Crippen molar-refractivity contribution in [2.45, 2.75) is 19.9 Å². The Balaban J connectivity index is 1.82. The minimum Gasteiger partial charge on any atom is -0.346 e. The number of benzene rings is 2. The van der Waals surface area contributed by atoms with Gasteiger partial charge in [0.05, 0.1) is 5.52 Å². The van der Waals surface area contributed by atoms with Crippen LogP contribution in [0.1, 0.15) is 16.8 Å². The van der Waals surface area contributed by atoms with E-state index >= 15 is 0 Å². The van der Waals surface area contributed by atoms with E-state index in [4.69, 9.17) is 0 Å². The van der Waals surface area contributed by atoms with Gasteiger partial charge in [0.2, 0.25) is 0 Å². The molecule has 0 bridgehead atoms. The van der Waals surface area contributed by atoms with Gasteiger partial charge < -0.3 is 9.47 Å². The summed E-state index contributed by atoms with van der Waals surface area (Å²) in [4.78, 5) is 6.61. The highest BCUT2D eigenvalue weighted by Crippen LogP contribution is 2.40. The first kappa shape index (κ1) is 17.2. The molecule has 3 nitrogen and oxygen atoms in total. The number of pyridine rings is 1. The van der Waals surface area contributed by atoms with Crippen molar-refractivity contribution in [3.63, 3.8) is 0 Å². The topological polar surface area (TPSA) is 21.1 Å². The van der Waals surface area contributed by atoms with E-state index in [1.54, 1.807) is 0 Å². The molecule has 0 fully saturated rings. The van der Waals surface area contributed by atoms with Crippen LogP contribution in [0.2, 0.25) is 0 Å². The van der Waals surface area contributed by atoms with Gasteiger partial charge in [-0.25, -0.2) is 0 Å². The lowest BCUT2D eigenvalue weighted by atomic mass is 9.92. The van der Waals surface area contributed by atoms with Crippen molar-refractivity contribution in [1.82, 2.24) is 14.5 Å². The van der Waals surface area contributed by atoms with Crippen molar-refractivity contribution >= 4 is 10.9 Å². The fraction of sp³-hybridized carbons (Fsp3) is 0.240. The van der Waals surface area contributed by atoms with Crippen LogP contribution in [0.3, 0.4) is 0 Å². The van der Waals surface area contributed by atoms with Crippen molar-refractivity contribution in [3.05, 3.63) is 77.7 Å². The second-order valence-corrected chi connectivity index (χ2v) is 7.96. The maximum absolute atomic E-state index is 4.19. The van der Waals surface area contributed by atoms with Crippen LogP contribution in [-0.4, -0.2) is 28.0 Å². The monoisotopic (exact) mass is 367 g/mol. The van der Waals surface area contributed by atoms with Crippen molar-refractivity contribution in [3.8, 4) is 22.3 Å². The first-order chi connectivity index (χ1) is 13.6. The van der Waals surface area contributed by atoms with E-state index in [-0.39, 0.29) is 0 Å². The Kier molecular flexibility index (Phi) is 4.06. The van der Waals surface area contributed by atoms with Gasteiger partial charge >= 0.3 is 0 Å². The zero-order valence-electron chi connectivity index (χ0n) is 16.7. The van der Waals surface area contributed by atoms with E-state index in [2.05, 4.69) is 84.0 Å². The summed E-state index contributed by atoms with van der Waals surface area (Å²) < 4.78 is 2.43. The quantitative estimate of drug-likeness (QED) is 0.485. The third kappa shape index (κ3) is 2.66. The van der Waals surface area contributed by atoms with Gasteiger partial charge in [-0.3, -0.25) is 4.98 Å². The fourth-order valence-corrected chi connectivity index (χ4v) is 4.69. The van der Waals surface area contributed by atoms with Crippen LogP contribution < -0.4 is 0 Å². The van der Waals surface area contributed by atoms with E-state index in [9.17, 15) is 0 Å². The molecule has 0 unspecified atom stereocenters. The molecule has 0 radical (unpaired) electrons. The average molecular weight is 367 g/mol. The van der Waals surface area contributed by atoms with E-state index < -0.39 is 0 Å². The molecule has 28 heavy (non-hydrogen) atoms. The van der Waals surface area contributed by atoms with Gasteiger partial charge in [-0.2, -0.15) is 0 Å². The molecule has 0 N–H and O–H groups in total. The molecule has 0 spiro atoms. The Labute approximate surface area is 166 Å². The number of nitrogens with zero attached hydrogens (tertiary/aromatic N) is 3. The molecule has 0 aliphatic carbocycles. The molecular weight excluding hydrogens is 342 g/mol. The normalized spacial score (nSPS) is 14.4. The summed E-state index contributed by atoms with van der Waals surface area (Å²) in [6.45, 7) is 4.36. The first-order valence-electron chi connectivity index (χ1n) is 9.92. The van der Waals surface area contributed by atoms with Crippen LogP contribution in [0.5, 0.6) is 0 Å². The summed E-state index contributed by atoms with van der Waals surface area (Å²) in [5.74, 6) is 0. The molecule has 1 aliphatic heterocycles. The third-order valence-corrected chi connectivity index (χ3v) is 6.04. The van der Waals surface area contributed by atoms with Crippen LogP contribution in [0.25, 0.3) is 33.2 Å². The number of aromatic nitrogens is 2. The molecule has 3 heterocycles. The van der Waals surface area contributed by atoms with Gasteiger partial charge in [0.1, 0.15) is 0 Å². The van der Waals surface area contributed by atoms with Gasteiger partial charge in [0.15, 0.2) is 0 Å². The van der Waals surface area contributed by atoms with Gasteiger partial charge in [-0.05, 0) is 72.5 Å². The highest BCUT2D eigenvalue weighted by molar-refractivity contribution is 6.01. The van der Waals surface area contributed by atoms with E-state index in [1.807, 2.05) is 12.4 Å². The SMILES string of the molecule is Cc1cc(-c2ccccc2-c2ccncc2)c2c(c1)c1c(n2C)CN(C)CC1. The molecule has 2 aromatic carbocycles. The number of fused-ring (bicyclic) bond motifs is 3. The first-order valence-corrected chi connectivity index (χ1v) is 9.92. The van der Waals surface area contributed by atoms with Crippen LogP contribution in [-0.2, 0) is 20.0 Å². The van der Waals surface area contributed by atoms with Crippen LogP contribution in [0.4, 0.5) is 0 Å². The second kappa shape index (κ2) is 6.61. The molecule has 0 saturated carbocycles. The Morgan fingerprint density at radius 2 is 1.64 bits per heavy atom. The largest absolute Gasteiger partial charge is 0.346 e. The molecule has 0 atom stereocenters. The number of likely N-dealkylation sites (N-methyl/N-ethyl adjacent to an activating group) is 1. The van der Waals surface area contributed by atoms with E-state index in [0.717, 1.165) is 19.5 Å². The predicted octanol–water partition coefficient (Wildman–Crippen LogP) is 5.20. The summed E-state index contributed by atoms with van der Waals surface area (Å²) in [6.07, 6.45) is 4.86. The predicted molar refractivity (Wildman–Crippen MR) is 116 cm³/mol. The lowest BCUT2D eigenvalue weighted by Crippen LogP contribution is -2.27. The Bertz CT molecular complexity index is 1170. The maximum atomic E-state index is 4.19. The highest BCUT2D eigenvalue weighted by atomic mass is 15.1. The number of aryl methyl sites for hydroxylation is 2. The number of hydrogen-bond acceptors (Lipinski definition) is 2. The van der Waals surface area contributed by atoms with Crippen LogP contribution in [0, 0.1) is 6.92 Å². The van der Waals surface area contributed by atoms with Crippen LogP contribution >= 0.6 is 0 Å². The molecule has 4 aromatic rings. The summed E-state index contributed by atoms with van der Waals surface area (Å²) >= 11 is 0. The summed E-state index contributed by atoms with van der Waals surface area (Å²) in [5.41, 5.74) is 10.7. The number of rotatable bonds is 2. The minimum absolute atomic E-state index is 1.02. The lowest BCUT2D eigenvalue weighted by molar-refractivity contribution is 0.305. The van der Waals surface area contributed by atoms with Gasteiger partial charge in [0, 0.05) is 49.2 Å². The highest BCUT2D eigenvalue weighted by Gasteiger charge is 2.23. The number of hydrogen-bond donors (Lipinski definition) is 0. The molecule has 0 amide bonds. The van der Waals surface area contributed by atoms with Gasteiger partial charge in [-0.1, -0.05) is 24.3 Å². The Morgan fingerprint density at radius 1 is 0.893 bits per heavy atom. The molecular formula is C25H25N3.